The Morgan fingerprint density at radius 3 is 2.59 bits per heavy atom. The molecular weight excluding hydrogens is 218 g/mol. The standard InChI is InChI=1S/C12H15N3O2/c1-16-10-4-6-12(17-2,7-5-10)15-11-13-8-3-9-14-11/h3-6,8-9H,7H2,1-2H3,(H,13,14,15). The molecular formula is C12H15N3O2. The summed E-state index contributed by atoms with van der Waals surface area (Å²) in [6.07, 6.45) is 9.75. The minimum Gasteiger partial charge on any atom is -0.497 e. The first-order valence-corrected chi connectivity index (χ1v) is 5.32. The van der Waals surface area contributed by atoms with Gasteiger partial charge in [-0.3, -0.25) is 0 Å². The van der Waals surface area contributed by atoms with Crippen LogP contribution in [0.4, 0.5) is 5.95 Å². The van der Waals surface area contributed by atoms with E-state index in [0.29, 0.717) is 12.4 Å². The minimum absolute atomic E-state index is 0.535. The Kier molecular flexibility index (Phi) is 3.39. The monoisotopic (exact) mass is 233 g/mol. The van der Waals surface area contributed by atoms with Gasteiger partial charge >= 0.3 is 0 Å². The molecule has 0 saturated heterocycles. The number of nitrogens with zero attached hydrogens (tertiary/aromatic N) is 2. The first-order valence-electron chi connectivity index (χ1n) is 5.32. The van der Waals surface area contributed by atoms with Crippen LogP contribution in [0.3, 0.4) is 0 Å². The van der Waals surface area contributed by atoms with Crippen molar-refractivity contribution in [1.82, 2.24) is 9.97 Å². The van der Waals surface area contributed by atoms with Crippen molar-refractivity contribution in [3.05, 3.63) is 42.4 Å². The van der Waals surface area contributed by atoms with Crippen LogP contribution in [0.1, 0.15) is 6.42 Å². The Bertz CT molecular complexity index is 431. The summed E-state index contributed by atoms with van der Waals surface area (Å²) < 4.78 is 10.6. The van der Waals surface area contributed by atoms with Gasteiger partial charge in [-0.2, -0.15) is 0 Å². The molecule has 0 radical (unpaired) electrons. The lowest BCUT2D eigenvalue weighted by Gasteiger charge is -2.31. The summed E-state index contributed by atoms with van der Waals surface area (Å²) >= 11 is 0. The Hall–Kier alpha value is -1.88. The molecule has 90 valence electrons. The first-order chi connectivity index (χ1) is 8.28. The Balaban J connectivity index is 2.13. The fourth-order valence-corrected chi connectivity index (χ4v) is 1.60. The highest BCUT2D eigenvalue weighted by Crippen LogP contribution is 2.25. The van der Waals surface area contributed by atoms with Crippen LogP contribution in [0, 0.1) is 0 Å². The quantitative estimate of drug-likeness (QED) is 0.802. The number of anilines is 1. The van der Waals surface area contributed by atoms with Crippen LogP contribution in [0.5, 0.6) is 0 Å². The van der Waals surface area contributed by atoms with E-state index in [2.05, 4.69) is 15.3 Å². The van der Waals surface area contributed by atoms with Crippen LogP contribution in [0.2, 0.25) is 0 Å². The van der Waals surface area contributed by atoms with Gasteiger partial charge in [0.1, 0.15) is 5.76 Å². The molecule has 1 aliphatic rings. The van der Waals surface area contributed by atoms with Gasteiger partial charge in [0.25, 0.3) is 0 Å². The molecule has 0 amide bonds. The molecule has 0 aliphatic heterocycles. The van der Waals surface area contributed by atoms with Crippen molar-refractivity contribution < 1.29 is 9.47 Å². The van der Waals surface area contributed by atoms with Crippen molar-refractivity contribution in [2.75, 3.05) is 19.5 Å². The molecule has 1 N–H and O–H groups in total. The van der Waals surface area contributed by atoms with Gasteiger partial charge in [-0.25, -0.2) is 9.97 Å². The predicted octanol–water partition coefficient (Wildman–Crippen LogP) is 1.72. The third-order valence-corrected chi connectivity index (χ3v) is 2.61. The number of ether oxygens (including phenoxy) is 2. The van der Waals surface area contributed by atoms with E-state index in [1.807, 2.05) is 18.2 Å². The second kappa shape index (κ2) is 4.97. The highest BCUT2D eigenvalue weighted by atomic mass is 16.5. The summed E-state index contributed by atoms with van der Waals surface area (Å²) in [5.41, 5.74) is -0.608. The van der Waals surface area contributed by atoms with Crippen molar-refractivity contribution in [2.24, 2.45) is 0 Å². The van der Waals surface area contributed by atoms with E-state index in [4.69, 9.17) is 9.47 Å². The molecule has 0 fully saturated rings. The highest BCUT2D eigenvalue weighted by Gasteiger charge is 2.28. The van der Waals surface area contributed by atoms with E-state index in [-0.39, 0.29) is 0 Å². The smallest absolute Gasteiger partial charge is 0.225 e. The maximum atomic E-state index is 5.50. The third-order valence-electron chi connectivity index (χ3n) is 2.61. The van der Waals surface area contributed by atoms with Crippen molar-refractivity contribution >= 4 is 5.95 Å². The summed E-state index contributed by atoms with van der Waals surface area (Å²) in [6.45, 7) is 0. The Morgan fingerprint density at radius 1 is 1.29 bits per heavy atom. The SMILES string of the molecule is COC1=CCC(Nc2ncccn2)(OC)C=C1. The average molecular weight is 233 g/mol. The zero-order valence-electron chi connectivity index (χ0n) is 9.88. The number of hydrogen-bond acceptors (Lipinski definition) is 5. The summed E-state index contributed by atoms with van der Waals surface area (Å²) in [7, 11) is 3.29. The van der Waals surface area contributed by atoms with Crippen LogP contribution < -0.4 is 5.32 Å². The molecule has 5 heteroatoms. The summed E-state index contributed by atoms with van der Waals surface area (Å²) in [5.74, 6) is 1.36. The molecule has 0 saturated carbocycles. The van der Waals surface area contributed by atoms with Gasteiger partial charge < -0.3 is 14.8 Å². The summed E-state index contributed by atoms with van der Waals surface area (Å²) in [4.78, 5) is 8.23. The Morgan fingerprint density at radius 2 is 2.06 bits per heavy atom. The average Bonchev–Trinajstić information content (AvgIpc) is 2.41. The first kappa shape index (κ1) is 11.6. The van der Waals surface area contributed by atoms with E-state index >= 15 is 0 Å². The molecule has 17 heavy (non-hydrogen) atoms. The maximum absolute atomic E-state index is 5.50. The summed E-state index contributed by atoms with van der Waals surface area (Å²) in [5, 5.41) is 3.16. The van der Waals surface area contributed by atoms with Gasteiger partial charge in [0, 0.05) is 25.9 Å². The molecule has 1 aromatic rings. The number of hydrogen-bond donors (Lipinski definition) is 1. The van der Waals surface area contributed by atoms with Crippen molar-refractivity contribution in [1.29, 1.82) is 0 Å². The fourth-order valence-electron chi connectivity index (χ4n) is 1.60. The van der Waals surface area contributed by atoms with Crippen LogP contribution in [0.25, 0.3) is 0 Å². The van der Waals surface area contributed by atoms with Gasteiger partial charge in [0.15, 0.2) is 5.72 Å². The van der Waals surface area contributed by atoms with Crippen LogP contribution in [-0.4, -0.2) is 29.9 Å². The molecule has 1 aliphatic carbocycles. The number of nitrogens with one attached hydrogen (secondary N) is 1. The normalized spacial score (nSPS) is 23.1. The van der Waals surface area contributed by atoms with Gasteiger partial charge in [-0.05, 0) is 24.3 Å². The van der Waals surface area contributed by atoms with E-state index in [1.54, 1.807) is 32.7 Å². The number of allylic oxidation sites excluding steroid dienone is 1. The van der Waals surface area contributed by atoms with Gasteiger partial charge in [-0.1, -0.05) is 0 Å². The van der Waals surface area contributed by atoms with Crippen LogP contribution in [-0.2, 0) is 9.47 Å². The largest absolute Gasteiger partial charge is 0.497 e. The maximum Gasteiger partial charge on any atom is 0.225 e. The van der Waals surface area contributed by atoms with E-state index in [1.165, 1.54) is 0 Å². The lowest BCUT2D eigenvalue weighted by molar-refractivity contribution is 0.0558. The second-order valence-electron chi connectivity index (χ2n) is 3.64. The van der Waals surface area contributed by atoms with E-state index in [0.717, 1.165) is 5.76 Å². The molecule has 2 rings (SSSR count). The third kappa shape index (κ3) is 2.62. The zero-order valence-corrected chi connectivity index (χ0v) is 9.88. The summed E-state index contributed by atoms with van der Waals surface area (Å²) in [6, 6.07) is 1.77. The molecule has 0 bridgehead atoms. The van der Waals surface area contributed by atoms with E-state index < -0.39 is 5.72 Å². The van der Waals surface area contributed by atoms with Crippen LogP contribution in [0.15, 0.2) is 42.4 Å². The van der Waals surface area contributed by atoms with Crippen molar-refractivity contribution in [3.63, 3.8) is 0 Å². The van der Waals surface area contributed by atoms with Crippen LogP contribution >= 0.6 is 0 Å². The molecule has 1 heterocycles. The zero-order chi connectivity index (χ0) is 12.1. The molecule has 1 unspecified atom stereocenters. The lowest BCUT2D eigenvalue weighted by Crippen LogP contribution is -2.39. The van der Waals surface area contributed by atoms with E-state index in [9.17, 15) is 0 Å². The molecule has 0 aromatic carbocycles. The van der Waals surface area contributed by atoms with Crippen molar-refractivity contribution in [2.45, 2.75) is 12.1 Å². The predicted molar refractivity (Wildman–Crippen MR) is 64.2 cm³/mol. The Labute approximate surface area is 100 Å². The molecule has 5 nitrogen and oxygen atoms in total. The van der Waals surface area contributed by atoms with Gasteiger partial charge in [-0.15, -0.1) is 0 Å². The molecule has 1 atom stereocenters. The topological polar surface area (TPSA) is 56.3 Å². The van der Waals surface area contributed by atoms with Crippen molar-refractivity contribution in [3.8, 4) is 0 Å². The number of aromatic nitrogens is 2. The fraction of sp³-hybridized carbons (Fsp3) is 0.333. The minimum atomic E-state index is -0.608. The molecule has 0 spiro atoms. The highest BCUT2D eigenvalue weighted by molar-refractivity contribution is 5.35. The number of rotatable bonds is 4. The van der Waals surface area contributed by atoms with Gasteiger partial charge in [0.2, 0.25) is 5.95 Å². The molecule has 1 aromatic heterocycles. The lowest BCUT2D eigenvalue weighted by atomic mass is 10.0. The number of methoxy groups -OCH3 is 2. The second-order valence-corrected chi connectivity index (χ2v) is 3.64. The van der Waals surface area contributed by atoms with Gasteiger partial charge in [0.05, 0.1) is 7.11 Å².